The van der Waals surface area contributed by atoms with E-state index in [1.165, 1.54) is 12.1 Å². The maximum atomic E-state index is 15.0. The third-order valence-corrected chi connectivity index (χ3v) is 7.34. The molecule has 37 heavy (non-hydrogen) atoms. The molecule has 2 saturated heterocycles. The maximum Gasteiger partial charge on any atom is 0.242 e. The third kappa shape index (κ3) is 6.55. The monoisotopic (exact) mass is 515 g/mol. The van der Waals surface area contributed by atoms with Crippen molar-refractivity contribution in [3.63, 3.8) is 0 Å². The zero-order chi connectivity index (χ0) is 26.7. The highest BCUT2D eigenvalue weighted by Gasteiger charge is 2.53. The number of carbonyl (C=O) groups excluding carboxylic acids is 1. The molecule has 2 aliphatic heterocycles. The molecule has 2 atom stereocenters. The molecule has 1 aromatic carbocycles. The summed E-state index contributed by atoms with van der Waals surface area (Å²) in [5, 5.41) is 3.17. The highest BCUT2D eigenvalue weighted by atomic mass is 19.1. The Bertz CT molecular complexity index is 1040. The quantitative estimate of drug-likeness (QED) is 0.437. The molecule has 1 aromatic rings. The van der Waals surface area contributed by atoms with Crippen molar-refractivity contribution in [3.8, 4) is 0 Å². The van der Waals surface area contributed by atoms with Crippen molar-refractivity contribution in [2.75, 3.05) is 44.6 Å². The van der Waals surface area contributed by atoms with Gasteiger partial charge in [0.25, 0.3) is 0 Å². The number of aliphatic imine (C=N–C) groups is 1. The number of nitrogens with zero attached hydrogens (tertiary/aromatic N) is 4. The number of rotatable bonds is 9. The number of benzene rings is 1. The predicted molar refractivity (Wildman–Crippen MR) is 143 cm³/mol. The van der Waals surface area contributed by atoms with Gasteiger partial charge in [-0.25, -0.2) is 8.78 Å². The fraction of sp³-hybridized carbons (Fsp3) is 0.556. The number of hydrogen-bond acceptors (Lipinski definition) is 7. The third-order valence-electron chi connectivity index (χ3n) is 7.34. The molecule has 0 radical (unpaired) electrons. The van der Waals surface area contributed by atoms with Crippen LogP contribution in [-0.2, 0) is 11.3 Å². The van der Waals surface area contributed by atoms with E-state index in [0.717, 1.165) is 19.5 Å². The zero-order valence-corrected chi connectivity index (χ0v) is 22.0. The molecule has 202 valence electrons. The molecule has 0 aromatic heterocycles. The number of halogens is 2. The molecule has 1 aliphatic carbocycles. The summed E-state index contributed by atoms with van der Waals surface area (Å²) in [5.41, 5.74) is 11.4. The second-order valence-corrected chi connectivity index (χ2v) is 10.8. The molecule has 3 aliphatic rings. The van der Waals surface area contributed by atoms with Crippen molar-refractivity contribution >= 4 is 17.8 Å². The van der Waals surface area contributed by atoms with Crippen molar-refractivity contribution < 1.29 is 13.6 Å². The second-order valence-electron chi connectivity index (χ2n) is 10.8. The summed E-state index contributed by atoms with van der Waals surface area (Å²) >= 11 is 0. The Morgan fingerprint density at radius 1 is 1.14 bits per heavy atom. The molecule has 0 bridgehead atoms. The number of amides is 1. The minimum absolute atomic E-state index is 0.0775. The second kappa shape index (κ2) is 11.3. The van der Waals surface area contributed by atoms with E-state index in [2.05, 4.69) is 15.2 Å². The fourth-order valence-corrected chi connectivity index (χ4v) is 5.10. The first-order valence-electron chi connectivity index (χ1n) is 13.0. The van der Waals surface area contributed by atoms with Crippen LogP contribution in [0.15, 0.2) is 41.3 Å². The fourth-order valence-electron chi connectivity index (χ4n) is 5.10. The van der Waals surface area contributed by atoms with Crippen LogP contribution in [0.5, 0.6) is 0 Å². The Kier molecular flexibility index (Phi) is 8.30. The van der Waals surface area contributed by atoms with E-state index in [0.29, 0.717) is 49.5 Å². The lowest BCUT2D eigenvalue weighted by atomic mass is 10.0. The summed E-state index contributed by atoms with van der Waals surface area (Å²) in [5.74, 6) is 0.307. The van der Waals surface area contributed by atoms with E-state index < -0.39 is 17.2 Å². The lowest BCUT2D eigenvalue weighted by molar-refractivity contribution is -0.137. The van der Waals surface area contributed by atoms with Gasteiger partial charge in [0.2, 0.25) is 5.91 Å². The standard InChI is InChI=1S/C27H39F2N7O/c1-4-5-7-32-8-6-24(35-9-11-36(12-10-35)26(37)27(2,3)31)33-18-13-22(28)21(23(29)14-18)17-34-15-19-20(16-34)25(19)30/h5-8,13-14,19-20,25,33H,4,9-12,15-17,30-31H2,1-3H3/b7-5+,24-6+,32-8+. The highest BCUT2D eigenvalue weighted by Crippen LogP contribution is 2.44. The van der Waals surface area contributed by atoms with Crippen molar-refractivity contribution in [2.24, 2.45) is 28.3 Å². The van der Waals surface area contributed by atoms with Gasteiger partial charge in [0.1, 0.15) is 17.5 Å². The van der Waals surface area contributed by atoms with Gasteiger partial charge in [-0.3, -0.25) is 14.7 Å². The summed E-state index contributed by atoms with van der Waals surface area (Å²) in [6, 6.07) is 2.91. The lowest BCUT2D eigenvalue weighted by Crippen LogP contribution is -2.57. The molecule has 10 heteroatoms. The largest absolute Gasteiger partial charge is 0.355 e. The molecular weight excluding hydrogens is 476 g/mol. The number of fused-ring (bicyclic) bond motifs is 1. The van der Waals surface area contributed by atoms with Crippen LogP contribution in [0.4, 0.5) is 14.5 Å². The first-order valence-corrected chi connectivity index (χ1v) is 13.0. The van der Waals surface area contributed by atoms with Gasteiger partial charge >= 0.3 is 0 Å². The van der Waals surface area contributed by atoms with Gasteiger partial charge < -0.3 is 26.6 Å². The SMILES string of the molecule is CC/C=C/N=C/C=C(\Nc1cc(F)c(CN2CC3C(N)C3C2)c(F)c1)N1CCN(C(=O)C(C)(C)N)CC1. The minimum Gasteiger partial charge on any atom is -0.355 e. The van der Waals surface area contributed by atoms with Crippen LogP contribution in [0.2, 0.25) is 0 Å². The molecule has 2 heterocycles. The van der Waals surface area contributed by atoms with Gasteiger partial charge in [-0.1, -0.05) is 13.0 Å². The summed E-state index contributed by atoms with van der Waals surface area (Å²) in [6.07, 6.45) is 7.91. The van der Waals surface area contributed by atoms with E-state index in [1.807, 2.05) is 17.9 Å². The molecule has 1 saturated carbocycles. The number of allylic oxidation sites excluding steroid dienone is 2. The number of hydrogen-bond donors (Lipinski definition) is 3. The molecule has 2 unspecified atom stereocenters. The number of carbonyl (C=O) groups is 1. The normalized spacial score (nSPS) is 24.8. The van der Waals surface area contributed by atoms with Crippen LogP contribution in [-0.4, -0.2) is 77.7 Å². The average Bonchev–Trinajstić information content (AvgIpc) is 3.24. The Balaban J connectivity index is 1.45. The number of anilines is 1. The maximum absolute atomic E-state index is 15.0. The molecular formula is C27H39F2N7O. The minimum atomic E-state index is -0.935. The average molecular weight is 516 g/mol. The molecule has 8 nitrogen and oxygen atoms in total. The topological polar surface area (TPSA) is 103 Å². The Morgan fingerprint density at radius 2 is 1.73 bits per heavy atom. The smallest absolute Gasteiger partial charge is 0.242 e. The Morgan fingerprint density at radius 3 is 2.30 bits per heavy atom. The summed E-state index contributed by atoms with van der Waals surface area (Å²) in [6.45, 7) is 9.31. The molecule has 5 N–H and O–H groups in total. The number of likely N-dealkylation sites (tertiary alicyclic amines) is 1. The van der Waals surface area contributed by atoms with Crippen molar-refractivity contribution in [1.82, 2.24) is 14.7 Å². The van der Waals surface area contributed by atoms with E-state index >= 15 is 8.78 Å². The van der Waals surface area contributed by atoms with E-state index in [1.54, 1.807) is 37.2 Å². The van der Waals surface area contributed by atoms with Crippen molar-refractivity contribution in [3.05, 3.63) is 53.5 Å². The number of piperazine rings is 1. The van der Waals surface area contributed by atoms with Crippen LogP contribution in [0.1, 0.15) is 32.8 Å². The molecule has 4 rings (SSSR count). The van der Waals surface area contributed by atoms with Gasteiger partial charge in [0.15, 0.2) is 0 Å². The van der Waals surface area contributed by atoms with Crippen LogP contribution < -0.4 is 16.8 Å². The van der Waals surface area contributed by atoms with E-state index in [9.17, 15) is 4.79 Å². The number of nitrogens with one attached hydrogen (secondary N) is 1. The van der Waals surface area contributed by atoms with Crippen LogP contribution in [0, 0.1) is 23.5 Å². The number of nitrogens with two attached hydrogens (primary N) is 2. The lowest BCUT2D eigenvalue weighted by Gasteiger charge is -2.39. The van der Waals surface area contributed by atoms with Crippen molar-refractivity contribution in [2.45, 2.75) is 45.3 Å². The molecule has 0 spiro atoms. The van der Waals surface area contributed by atoms with Gasteiger partial charge in [0, 0.05) is 75.5 Å². The van der Waals surface area contributed by atoms with Gasteiger partial charge in [-0.15, -0.1) is 0 Å². The highest BCUT2D eigenvalue weighted by molar-refractivity contribution is 5.85. The Labute approximate surface area is 218 Å². The van der Waals surface area contributed by atoms with Crippen LogP contribution >= 0.6 is 0 Å². The first-order chi connectivity index (χ1) is 17.6. The Hall–Kier alpha value is -2.82. The number of piperidine rings is 1. The molecule has 3 fully saturated rings. The summed E-state index contributed by atoms with van der Waals surface area (Å²) in [4.78, 5) is 22.7. The summed E-state index contributed by atoms with van der Waals surface area (Å²) in [7, 11) is 0. The van der Waals surface area contributed by atoms with E-state index in [-0.39, 0.29) is 24.1 Å². The van der Waals surface area contributed by atoms with Gasteiger partial charge in [0.05, 0.1) is 5.54 Å². The molecule has 1 amide bonds. The predicted octanol–water partition coefficient (Wildman–Crippen LogP) is 2.48. The zero-order valence-electron chi connectivity index (χ0n) is 22.0. The first kappa shape index (κ1) is 27.2. The van der Waals surface area contributed by atoms with Crippen LogP contribution in [0.25, 0.3) is 0 Å². The van der Waals surface area contributed by atoms with Crippen molar-refractivity contribution in [1.29, 1.82) is 0 Å². The van der Waals surface area contributed by atoms with Gasteiger partial charge in [-0.2, -0.15) is 0 Å². The van der Waals surface area contributed by atoms with Gasteiger partial charge in [-0.05, 0) is 50.3 Å². The van der Waals surface area contributed by atoms with Crippen LogP contribution in [0.3, 0.4) is 0 Å². The van der Waals surface area contributed by atoms with E-state index in [4.69, 9.17) is 11.5 Å². The summed E-state index contributed by atoms with van der Waals surface area (Å²) < 4.78 is 30.1.